The van der Waals surface area contributed by atoms with Crippen LogP contribution in [0.4, 0.5) is 0 Å². The summed E-state index contributed by atoms with van der Waals surface area (Å²) in [7, 11) is 1.63. The molecule has 6 nitrogen and oxygen atoms in total. The van der Waals surface area contributed by atoms with Gasteiger partial charge in [-0.1, -0.05) is 38.8 Å². The number of amides is 2. The highest BCUT2D eigenvalue weighted by Crippen LogP contribution is 2.35. The lowest BCUT2D eigenvalue weighted by molar-refractivity contribution is -0.145. The average Bonchev–Trinajstić information content (AvgIpc) is 3.53. The van der Waals surface area contributed by atoms with Crippen LogP contribution in [0.2, 0.25) is 0 Å². The van der Waals surface area contributed by atoms with E-state index in [9.17, 15) is 9.59 Å². The van der Waals surface area contributed by atoms with Crippen LogP contribution in [0.15, 0.2) is 35.7 Å². The number of ether oxygens (including phenoxy) is 2. The molecular formula is C27H36N2O4S. The quantitative estimate of drug-likeness (QED) is 0.506. The maximum absolute atomic E-state index is 13.6. The molecule has 184 valence electrons. The Bertz CT molecular complexity index is 983. The highest BCUT2D eigenvalue weighted by molar-refractivity contribution is 7.10. The fraction of sp³-hybridized carbons (Fsp3) is 0.556. The van der Waals surface area contributed by atoms with E-state index >= 15 is 0 Å². The first-order valence-corrected chi connectivity index (χ1v) is 13.3. The van der Waals surface area contributed by atoms with Crippen molar-refractivity contribution < 1.29 is 19.1 Å². The molecule has 0 bridgehead atoms. The van der Waals surface area contributed by atoms with Gasteiger partial charge < -0.3 is 19.3 Å². The van der Waals surface area contributed by atoms with E-state index in [2.05, 4.69) is 25.3 Å². The van der Waals surface area contributed by atoms with Crippen LogP contribution < -0.4 is 9.47 Å². The number of carbonyl (C=O) groups is 2. The standard InChI is InChI=1S/C27H36N2O4S/c1-19(2)16-28(27(31)20-8-4-5-9-20)17-26(30)29-14-12-25-21(13-15-34-25)22(29)18-33-24-11-7-6-10-23(24)32-3/h6-7,10-11,13,15,19-20,22H,4-5,8-9,12,14,16-18H2,1-3H3/t22-/m0/s1. The summed E-state index contributed by atoms with van der Waals surface area (Å²) < 4.78 is 11.6. The minimum absolute atomic E-state index is 0.00234. The topological polar surface area (TPSA) is 59.1 Å². The number of rotatable bonds is 9. The largest absolute Gasteiger partial charge is 0.493 e. The summed E-state index contributed by atoms with van der Waals surface area (Å²) >= 11 is 1.73. The third-order valence-electron chi connectivity index (χ3n) is 6.81. The average molecular weight is 485 g/mol. The zero-order valence-corrected chi connectivity index (χ0v) is 21.3. The Morgan fingerprint density at radius 1 is 1.15 bits per heavy atom. The van der Waals surface area contributed by atoms with Crippen molar-refractivity contribution in [3.8, 4) is 11.5 Å². The molecule has 1 aliphatic heterocycles. The van der Waals surface area contributed by atoms with Crippen molar-refractivity contribution in [2.45, 2.75) is 52.0 Å². The second-order valence-electron chi connectivity index (χ2n) is 9.71. The van der Waals surface area contributed by atoms with Gasteiger partial charge in [-0.2, -0.15) is 0 Å². The van der Waals surface area contributed by atoms with Gasteiger partial charge in [-0.05, 0) is 54.3 Å². The van der Waals surface area contributed by atoms with Gasteiger partial charge >= 0.3 is 0 Å². The summed E-state index contributed by atoms with van der Waals surface area (Å²) in [6.45, 7) is 5.93. The van der Waals surface area contributed by atoms with Crippen molar-refractivity contribution in [3.63, 3.8) is 0 Å². The summed E-state index contributed by atoms with van der Waals surface area (Å²) in [5, 5.41) is 2.09. The van der Waals surface area contributed by atoms with E-state index in [0.29, 0.717) is 37.1 Å². The molecule has 2 aromatic rings. The molecule has 0 unspecified atom stereocenters. The van der Waals surface area contributed by atoms with Crippen molar-refractivity contribution in [2.75, 3.05) is 33.4 Å². The third kappa shape index (κ3) is 5.57. The number of methoxy groups -OCH3 is 1. The molecule has 1 atom stereocenters. The molecule has 1 saturated carbocycles. The van der Waals surface area contributed by atoms with E-state index < -0.39 is 0 Å². The molecule has 4 rings (SSSR count). The number of hydrogen-bond acceptors (Lipinski definition) is 5. The molecule has 1 aromatic carbocycles. The second kappa shape index (κ2) is 11.3. The van der Waals surface area contributed by atoms with E-state index in [-0.39, 0.29) is 30.3 Å². The van der Waals surface area contributed by atoms with Gasteiger partial charge in [-0.3, -0.25) is 9.59 Å². The number of nitrogens with zero attached hydrogens (tertiary/aromatic N) is 2. The highest BCUT2D eigenvalue weighted by Gasteiger charge is 2.35. The van der Waals surface area contributed by atoms with Gasteiger partial charge in [0.1, 0.15) is 6.61 Å². The molecule has 2 aliphatic rings. The van der Waals surface area contributed by atoms with Crippen LogP contribution in [0.1, 0.15) is 56.0 Å². The summed E-state index contributed by atoms with van der Waals surface area (Å²) in [6, 6.07) is 9.49. The van der Waals surface area contributed by atoms with E-state index in [1.165, 1.54) is 4.88 Å². The van der Waals surface area contributed by atoms with E-state index in [1.807, 2.05) is 34.1 Å². The fourth-order valence-electron chi connectivity index (χ4n) is 5.14. The summed E-state index contributed by atoms with van der Waals surface area (Å²) in [5.74, 6) is 1.87. The van der Waals surface area contributed by atoms with Crippen LogP contribution >= 0.6 is 11.3 Å². The molecule has 2 amide bonds. The van der Waals surface area contributed by atoms with Gasteiger partial charge in [-0.25, -0.2) is 0 Å². The Balaban J connectivity index is 1.51. The minimum atomic E-state index is -0.185. The zero-order chi connectivity index (χ0) is 24.1. The molecule has 1 aromatic heterocycles. The Morgan fingerprint density at radius 2 is 1.88 bits per heavy atom. The van der Waals surface area contributed by atoms with Crippen LogP contribution in [0.3, 0.4) is 0 Å². The summed E-state index contributed by atoms with van der Waals surface area (Å²) in [6.07, 6.45) is 4.94. The predicted octanol–water partition coefficient (Wildman–Crippen LogP) is 4.94. The highest BCUT2D eigenvalue weighted by atomic mass is 32.1. The lowest BCUT2D eigenvalue weighted by Gasteiger charge is -2.37. The van der Waals surface area contributed by atoms with Gasteiger partial charge in [0.25, 0.3) is 0 Å². The molecule has 0 radical (unpaired) electrons. The lowest BCUT2D eigenvalue weighted by Crippen LogP contribution is -2.49. The van der Waals surface area contributed by atoms with E-state index in [4.69, 9.17) is 9.47 Å². The van der Waals surface area contributed by atoms with Crippen LogP contribution in [0.5, 0.6) is 11.5 Å². The molecule has 1 aliphatic carbocycles. The van der Waals surface area contributed by atoms with Crippen LogP contribution in [0, 0.1) is 11.8 Å². The number of para-hydroxylation sites is 2. The maximum Gasteiger partial charge on any atom is 0.242 e. The fourth-order valence-corrected chi connectivity index (χ4v) is 6.07. The normalized spacial score (nSPS) is 18.1. The first kappa shape index (κ1) is 24.6. The van der Waals surface area contributed by atoms with Crippen molar-refractivity contribution in [3.05, 3.63) is 46.2 Å². The van der Waals surface area contributed by atoms with Gasteiger partial charge in [0.05, 0.1) is 19.7 Å². The zero-order valence-electron chi connectivity index (χ0n) is 20.5. The molecule has 0 N–H and O–H groups in total. The van der Waals surface area contributed by atoms with Crippen LogP contribution in [-0.4, -0.2) is 55.0 Å². The van der Waals surface area contributed by atoms with Gasteiger partial charge in [0, 0.05) is 23.9 Å². The second-order valence-corrected chi connectivity index (χ2v) is 10.7. The smallest absolute Gasteiger partial charge is 0.242 e. The van der Waals surface area contributed by atoms with Crippen LogP contribution in [-0.2, 0) is 16.0 Å². The number of thiophene rings is 1. The summed E-state index contributed by atoms with van der Waals surface area (Å²) in [5.41, 5.74) is 1.15. The molecular weight excluding hydrogens is 448 g/mol. The van der Waals surface area contributed by atoms with Gasteiger partial charge in [-0.15, -0.1) is 11.3 Å². The van der Waals surface area contributed by atoms with E-state index in [0.717, 1.165) is 37.7 Å². The molecule has 0 saturated heterocycles. The SMILES string of the molecule is COc1ccccc1OC[C@H]1c2ccsc2CCN1C(=O)CN(CC(C)C)C(=O)C1CCCC1. The predicted molar refractivity (Wildman–Crippen MR) is 134 cm³/mol. The molecule has 7 heteroatoms. The number of hydrogen-bond donors (Lipinski definition) is 0. The molecule has 34 heavy (non-hydrogen) atoms. The van der Waals surface area contributed by atoms with Crippen molar-refractivity contribution in [2.24, 2.45) is 11.8 Å². The number of benzene rings is 1. The first-order chi connectivity index (χ1) is 16.5. The number of carbonyl (C=O) groups excluding carboxylic acids is 2. The monoisotopic (exact) mass is 484 g/mol. The Hall–Kier alpha value is -2.54. The van der Waals surface area contributed by atoms with Crippen molar-refractivity contribution in [1.82, 2.24) is 9.80 Å². The Kier molecular flexibility index (Phi) is 8.14. The van der Waals surface area contributed by atoms with Crippen molar-refractivity contribution >= 4 is 23.2 Å². The number of fused-ring (bicyclic) bond motifs is 1. The van der Waals surface area contributed by atoms with Gasteiger partial charge in [0.2, 0.25) is 11.8 Å². The summed E-state index contributed by atoms with van der Waals surface area (Å²) in [4.78, 5) is 31.9. The first-order valence-electron chi connectivity index (χ1n) is 12.4. The van der Waals surface area contributed by atoms with Crippen molar-refractivity contribution in [1.29, 1.82) is 0 Å². The Morgan fingerprint density at radius 3 is 2.59 bits per heavy atom. The van der Waals surface area contributed by atoms with Crippen LogP contribution in [0.25, 0.3) is 0 Å². The van der Waals surface area contributed by atoms with E-state index in [1.54, 1.807) is 18.4 Å². The Labute approximate surface area is 206 Å². The lowest BCUT2D eigenvalue weighted by atomic mass is 10.00. The third-order valence-corrected chi connectivity index (χ3v) is 7.81. The minimum Gasteiger partial charge on any atom is -0.493 e. The molecule has 2 heterocycles. The van der Waals surface area contributed by atoms with Gasteiger partial charge in [0.15, 0.2) is 11.5 Å². The molecule has 1 fully saturated rings. The maximum atomic E-state index is 13.6. The molecule has 0 spiro atoms.